The van der Waals surface area contributed by atoms with Crippen LogP contribution < -0.4 is 5.32 Å². The van der Waals surface area contributed by atoms with Crippen LogP contribution in [0.15, 0.2) is 53.4 Å². The van der Waals surface area contributed by atoms with Crippen molar-refractivity contribution in [2.75, 3.05) is 5.75 Å². The minimum atomic E-state index is -1.31. The van der Waals surface area contributed by atoms with Crippen LogP contribution in [0.25, 0.3) is 0 Å². The SMILES string of the molecule is CC[S@](=O)c1ccccc1C(=O)O[C@H](C)C(=O)NCc1ccc(F)cc1. The second-order valence-corrected chi connectivity index (χ2v) is 7.23. The molecule has 0 aromatic heterocycles. The number of amides is 1. The van der Waals surface area contributed by atoms with Gasteiger partial charge in [-0.05, 0) is 36.8 Å². The molecule has 26 heavy (non-hydrogen) atoms. The first-order valence-corrected chi connectivity index (χ1v) is 9.44. The van der Waals surface area contributed by atoms with E-state index in [2.05, 4.69) is 5.32 Å². The van der Waals surface area contributed by atoms with Gasteiger partial charge in [0.15, 0.2) is 6.10 Å². The summed E-state index contributed by atoms with van der Waals surface area (Å²) in [6.45, 7) is 3.40. The molecule has 5 nitrogen and oxygen atoms in total. The van der Waals surface area contributed by atoms with Gasteiger partial charge in [0.25, 0.3) is 5.91 Å². The van der Waals surface area contributed by atoms with Crippen molar-refractivity contribution in [3.05, 3.63) is 65.5 Å². The second kappa shape index (κ2) is 9.24. The lowest BCUT2D eigenvalue weighted by molar-refractivity contribution is -0.129. The van der Waals surface area contributed by atoms with Gasteiger partial charge in [-0.15, -0.1) is 0 Å². The van der Waals surface area contributed by atoms with Crippen molar-refractivity contribution in [3.8, 4) is 0 Å². The van der Waals surface area contributed by atoms with Crippen molar-refractivity contribution in [2.24, 2.45) is 0 Å². The summed E-state index contributed by atoms with van der Waals surface area (Å²) in [5.41, 5.74) is 0.910. The molecular formula is C19H20FNO4S. The molecule has 0 unspecified atom stereocenters. The van der Waals surface area contributed by atoms with Crippen LogP contribution in [-0.4, -0.2) is 27.9 Å². The van der Waals surface area contributed by atoms with Crippen LogP contribution in [0.3, 0.4) is 0 Å². The molecule has 0 saturated carbocycles. The van der Waals surface area contributed by atoms with Crippen LogP contribution in [0, 0.1) is 5.82 Å². The molecule has 0 heterocycles. The average molecular weight is 377 g/mol. The molecule has 2 aromatic rings. The number of carbonyl (C=O) groups excluding carboxylic acids is 2. The molecule has 1 N–H and O–H groups in total. The van der Waals surface area contributed by atoms with Crippen LogP contribution in [-0.2, 0) is 26.9 Å². The van der Waals surface area contributed by atoms with Crippen molar-refractivity contribution in [1.82, 2.24) is 5.32 Å². The highest BCUT2D eigenvalue weighted by molar-refractivity contribution is 7.85. The fourth-order valence-corrected chi connectivity index (χ4v) is 3.14. The number of ether oxygens (including phenoxy) is 1. The Kier molecular flexibility index (Phi) is 7.03. The van der Waals surface area contributed by atoms with E-state index in [1.165, 1.54) is 25.1 Å². The summed E-state index contributed by atoms with van der Waals surface area (Å²) in [6, 6.07) is 12.2. The number of hydrogen-bond donors (Lipinski definition) is 1. The largest absolute Gasteiger partial charge is 0.449 e. The molecule has 0 aliphatic carbocycles. The molecule has 1 amide bonds. The monoisotopic (exact) mass is 377 g/mol. The maximum atomic E-state index is 12.9. The zero-order valence-electron chi connectivity index (χ0n) is 14.5. The van der Waals surface area contributed by atoms with Crippen LogP contribution in [0.1, 0.15) is 29.8 Å². The van der Waals surface area contributed by atoms with E-state index in [4.69, 9.17) is 4.74 Å². The van der Waals surface area contributed by atoms with Crippen LogP contribution >= 0.6 is 0 Å². The van der Waals surface area contributed by atoms with E-state index in [1.807, 2.05) is 0 Å². The number of rotatable bonds is 7. The Hall–Kier alpha value is -2.54. The second-order valence-electron chi connectivity index (χ2n) is 5.52. The van der Waals surface area contributed by atoms with E-state index in [1.54, 1.807) is 37.3 Å². The summed E-state index contributed by atoms with van der Waals surface area (Å²) in [6.07, 6.45) is -1.02. The van der Waals surface area contributed by atoms with Crippen molar-refractivity contribution in [3.63, 3.8) is 0 Å². The van der Waals surface area contributed by atoms with Crippen LogP contribution in [0.5, 0.6) is 0 Å². The van der Waals surface area contributed by atoms with Crippen molar-refractivity contribution in [1.29, 1.82) is 0 Å². The molecular weight excluding hydrogens is 357 g/mol. The van der Waals surface area contributed by atoms with E-state index in [0.29, 0.717) is 10.6 Å². The predicted molar refractivity (Wildman–Crippen MR) is 96.5 cm³/mol. The molecule has 0 spiro atoms. The molecule has 2 rings (SSSR count). The third-order valence-corrected chi connectivity index (χ3v) is 5.02. The number of hydrogen-bond acceptors (Lipinski definition) is 4. The van der Waals surface area contributed by atoms with Crippen molar-refractivity contribution < 1.29 is 22.9 Å². The van der Waals surface area contributed by atoms with Gasteiger partial charge in [-0.1, -0.05) is 31.2 Å². The lowest BCUT2D eigenvalue weighted by atomic mass is 10.2. The van der Waals surface area contributed by atoms with Gasteiger partial charge in [0, 0.05) is 12.3 Å². The lowest BCUT2D eigenvalue weighted by Gasteiger charge is -2.15. The fraction of sp³-hybridized carbons (Fsp3) is 0.263. The molecule has 2 atom stereocenters. The third kappa shape index (κ3) is 5.23. The summed E-state index contributed by atoms with van der Waals surface area (Å²) in [4.78, 5) is 24.8. The number of benzene rings is 2. The molecule has 138 valence electrons. The molecule has 0 saturated heterocycles. The number of carbonyl (C=O) groups is 2. The van der Waals surface area contributed by atoms with Crippen LogP contribution in [0.4, 0.5) is 4.39 Å². The Balaban J connectivity index is 1.97. The van der Waals surface area contributed by atoms with Gasteiger partial charge in [-0.3, -0.25) is 9.00 Å². The smallest absolute Gasteiger partial charge is 0.340 e. The maximum Gasteiger partial charge on any atom is 0.340 e. The Morgan fingerprint density at radius 2 is 1.81 bits per heavy atom. The standard InChI is InChI=1S/C19H20FNO4S/c1-3-26(24)17-7-5-4-6-16(17)19(23)25-13(2)18(22)21-12-14-8-10-15(20)11-9-14/h4-11,13H,3,12H2,1-2H3,(H,21,22)/t13-,26+/m1/s1. The van der Waals surface area contributed by atoms with Crippen molar-refractivity contribution in [2.45, 2.75) is 31.4 Å². The molecule has 0 aliphatic heterocycles. The Morgan fingerprint density at radius 1 is 1.15 bits per heavy atom. The molecule has 0 bridgehead atoms. The van der Waals surface area contributed by atoms with E-state index in [-0.39, 0.29) is 17.9 Å². The van der Waals surface area contributed by atoms with Gasteiger partial charge in [-0.25, -0.2) is 9.18 Å². The van der Waals surface area contributed by atoms with Gasteiger partial charge >= 0.3 is 5.97 Å². The Morgan fingerprint density at radius 3 is 2.46 bits per heavy atom. The van der Waals surface area contributed by atoms with Gasteiger partial charge in [0.1, 0.15) is 5.82 Å². The van der Waals surface area contributed by atoms with Gasteiger partial charge in [0.2, 0.25) is 0 Å². The summed E-state index contributed by atoms with van der Waals surface area (Å²) in [7, 11) is -1.31. The Bertz CT molecular complexity index is 807. The summed E-state index contributed by atoms with van der Waals surface area (Å²) in [5, 5.41) is 2.62. The number of nitrogens with one attached hydrogen (secondary N) is 1. The first-order chi connectivity index (χ1) is 12.4. The molecule has 2 aromatic carbocycles. The zero-order chi connectivity index (χ0) is 19.1. The highest BCUT2D eigenvalue weighted by Crippen LogP contribution is 2.16. The minimum Gasteiger partial charge on any atom is -0.449 e. The summed E-state index contributed by atoms with van der Waals surface area (Å²) < 4.78 is 30.1. The first-order valence-electron chi connectivity index (χ1n) is 8.13. The van der Waals surface area contributed by atoms with E-state index in [0.717, 1.165) is 5.56 Å². The first kappa shape index (κ1) is 19.8. The fourth-order valence-electron chi connectivity index (χ4n) is 2.20. The zero-order valence-corrected chi connectivity index (χ0v) is 15.3. The van der Waals surface area contributed by atoms with Crippen LogP contribution in [0.2, 0.25) is 0 Å². The highest BCUT2D eigenvalue weighted by Gasteiger charge is 2.21. The van der Waals surface area contributed by atoms with E-state index >= 15 is 0 Å². The Labute approximate surface area is 154 Å². The normalized spacial score (nSPS) is 12.9. The number of halogens is 1. The molecule has 7 heteroatoms. The summed E-state index contributed by atoms with van der Waals surface area (Å²) in [5.74, 6) is -1.16. The van der Waals surface area contributed by atoms with E-state index in [9.17, 15) is 18.2 Å². The van der Waals surface area contributed by atoms with Gasteiger partial charge in [-0.2, -0.15) is 0 Å². The predicted octanol–water partition coefficient (Wildman–Crippen LogP) is 2.81. The average Bonchev–Trinajstić information content (AvgIpc) is 2.66. The maximum absolute atomic E-state index is 12.9. The van der Waals surface area contributed by atoms with Gasteiger partial charge < -0.3 is 10.1 Å². The lowest BCUT2D eigenvalue weighted by Crippen LogP contribution is -2.35. The minimum absolute atomic E-state index is 0.186. The topological polar surface area (TPSA) is 72.5 Å². The molecule has 0 radical (unpaired) electrons. The number of esters is 1. The van der Waals surface area contributed by atoms with Crippen molar-refractivity contribution >= 4 is 22.7 Å². The summed E-state index contributed by atoms with van der Waals surface area (Å²) >= 11 is 0. The van der Waals surface area contributed by atoms with Gasteiger partial charge in [0.05, 0.1) is 21.3 Å². The third-order valence-electron chi connectivity index (χ3n) is 3.65. The van der Waals surface area contributed by atoms with E-state index < -0.39 is 28.8 Å². The molecule has 0 aliphatic rings. The highest BCUT2D eigenvalue weighted by atomic mass is 32.2. The molecule has 0 fully saturated rings. The quantitative estimate of drug-likeness (QED) is 0.753.